The molecule has 0 unspecified atom stereocenters. The number of halogens is 1. The summed E-state index contributed by atoms with van der Waals surface area (Å²) < 4.78 is 27.9. The number of rotatable bonds is 3. The summed E-state index contributed by atoms with van der Waals surface area (Å²) in [6.45, 7) is 0. The number of methoxy groups -OCH3 is 1. The Balaban J connectivity index is 2.46. The second-order valence-corrected chi connectivity index (χ2v) is 6.43. The summed E-state index contributed by atoms with van der Waals surface area (Å²) in [6.07, 6.45) is 2.42. The normalized spacial score (nSPS) is 11.3. The first kappa shape index (κ1) is 13.8. The van der Waals surface area contributed by atoms with Gasteiger partial charge in [0.15, 0.2) is 9.84 Å². The second-order valence-electron chi connectivity index (χ2n) is 4.00. The van der Waals surface area contributed by atoms with Crippen LogP contribution in [0.25, 0.3) is 11.3 Å². The number of ether oxygens (including phenoxy) is 1. The van der Waals surface area contributed by atoms with Gasteiger partial charge in [0.2, 0.25) is 0 Å². The van der Waals surface area contributed by atoms with Crippen LogP contribution in [0.3, 0.4) is 0 Å². The molecule has 2 aromatic rings. The van der Waals surface area contributed by atoms with Gasteiger partial charge in [0.25, 0.3) is 0 Å². The molecule has 1 aromatic heterocycles. The molecule has 0 bridgehead atoms. The van der Waals surface area contributed by atoms with Gasteiger partial charge in [0.05, 0.1) is 22.7 Å². The van der Waals surface area contributed by atoms with E-state index in [2.05, 4.69) is 4.98 Å². The summed E-state index contributed by atoms with van der Waals surface area (Å²) in [5.74, 6) is 0.729. The third kappa shape index (κ3) is 3.05. The highest BCUT2D eigenvalue weighted by molar-refractivity contribution is 7.90. The van der Waals surface area contributed by atoms with Crippen molar-refractivity contribution < 1.29 is 13.2 Å². The van der Waals surface area contributed by atoms with E-state index in [0.717, 1.165) is 17.6 Å². The molecule has 0 spiro atoms. The van der Waals surface area contributed by atoms with Gasteiger partial charge in [-0.15, -0.1) is 0 Å². The molecule has 19 heavy (non-hydrogen) atoms. The molecule has 0 aliphatic carbocycles. The van der Waals surface area contributed by atoms with Gasteiger partial charge in [-0.25, -0.2) is 8.42 Å². The molecule has 0 saturated carbocycles. The zero-order chi connectivity index (χ0) is 14.0. The van der Waals surface area contributed by atoms with Crippen LogP contribution in [0.4, 0.5) is 0 Å². The molecule has 0 fully saturated rings. The fraction of sp³-hybridized carbons (Fsp3) is 0.154. The van der Waals surface area contributed by atoms with E-state index in [0.29, 0.717) is 10.7 Å². The standard InChI is InChI=1S/C13H12ClNO3S/c1-18-10-5-3-9(4-6-10)13-12(14)7-11(8-15-13)19(2,16)17/h3-8H,1-2H3. The highest BCUT2D eigenvalue weighted by Crippen LogP contribution is 2.28. The Bertz CT molecular complexity index is 696. The zero-order valence-corrected chi connectivity index (χ0v) is 12.0. The van der Waals surface area contributed by atoms with E-state index in [1.807, 2.05) is 12.1 Å². The van der Waals surface area contributed by atoms with Crippen molar-refractivity contribution in [2.24, 2.45) is 0 Å². The minimum atomic E-state index is -3.30. The van der Waals surface area contributed by atoms with Gasteiger partial charge in [-0.05, 0) is 30.3 Å². The minimum Gasteiger partial charge on any atom is -0.497 e. The third-order valence-corrected chi connectivity index (χ3v) is 3.98. The predicted octanol–water partition coefficient (Wildman–Crippen LogP) is 2.81. The van der Waals surface area contributed by atoms with E-state index >= 15 is 0 Å². The van der Waals surface area contributed by atoms with Crippen LogP contribution in [-0.2, 0) is 9.84 Å². The fourth-order valence-electron chi connectivity index (χ4n) is 1.58. The minimum absolute atomic E-state index is 0.106. The van der Waals surface area contributed by atoms with Gasteiger partial charge in [-0.3, -0.25) is 4.98 Å². The van der Waals surface area contributed by atoms with E-state index in [-0.39, 0.29) is 4.90 Å². The average Bonchev–Trinajstić information content (AvgIpc) is 2.38. The SMILES string of the molecule is COc1ccc(-c2ncc(S(C)(=O)=O)cc2Cl)cc1. The zero-order valence-electron chi connectivity index (χ0n) is 10.4. The van der Waals surface area contributed by atoms with Gasteiger partial charge < -0.3 is 4.74 Å². The molecule has 1 heterocycles. The fourth-order valence-corrected chi connectivity index (χ4v) is 2.50. The molecular formula is C13H12ClNO3S. The molecule has 1 aromatic carbocycles. The lowest BCUT2D eigenvalue weighted by molar-refractivity contribution is 0.415. The number of hydrogen-bond donors (Lipinski definition) is 0. The van der Waals surface area contributed by atoms with Crippen LogP contribution in [0.1, 0.15) is 0 Å². The Labute approximate surface area is 116 Å². The Morgan fingerprint density at radius 2 is 1.84 bits per heavy atom. The van der Waals surface area contributed by atoms with Gasteiger partial charge in [0.1, 0.15) is 5.75 Å². The van der Waals surface area contributed by atoms with Crippen molar-refractivity contribution in [1.82, 2.24) is 4.98 Å². The van der Waals surface area contributed by atoms with E-state index in [4.69, 9.17) is 16.3 Å². The molecule has 0 aliphatic heterocycles. The number of pyridine rings is 1. The number of hydrogen-bond acceptors (Lipinski definition) is 4. The van der Waals surface area contributed by atoms with Crippen molar-refractivity contribution in [2.75, 3.05) is 13.4 Å². The van der Waals surface area contributed by atoms with Crippen LogP contribution in [0.15, 0.2) is 41.4 Å². The molecule has 0 amide bonds. The summed E-state index contributed by atoms with van der Waals surface area (Å²) in [6, 6.07) is 8.61. The van der Waals surface area contributed by atoms with E-state index in [1.54, 1.807) is 19.2 Å². The van der Waals surface area contributed by atoms with Gasteiger partial charge in [0, 0.05) is 18.0 Å². The number of nitrogens with zero attached hydrogens (tertiary/aromatic N) is 1. The number of benzene rings is 1. The lowest BCUT2D eigenvalue weighted by Gasteiger charge is -2.06. The van der Waals surface area contributed by atoms with Crippen LogP contribution < -0.4 is 4.74 Å². The highest BCUT2D eigenvalue weighted by atomic mass is 35.5. The van der Waals surface area contributed by atoms with Gasteiger partial charge >= 0.3 is 0 Å². The summed E-state index contributed by atoms with van der Waals surface area (Å²) in [7, 11) is -1.72. The van der Waals surface area contributed by atoms with Gasteiger partial charge in [-0.2, -0.15) is 0 Å². The van der Waals surface area contributed by atoms with Crippen LogP contribution in [-0.4, -0.2) is 26.8 Å². The largest absolute Gasteiger partial charge is 0.497 e. The van der Waals surface area contributed by atoms with Crippen molar-refractivity contribution in [2.45, 2.75) is 4.90 Å². The molecular weight excluding hydrogens is 286 g/mol. The van der Waals surface area contributed by atoms with E-state index in [1.165, 1.54) is 12.3 Å². The summed E-state index contributed by atoms with van der Waals surface area (Å²) in [5, 5.41) is 0.299. The van der Waals surface area contributed by atoms with Crippen molar-refractivity contribution in [3.8, 4) is 17.0 Å². The molecule has 0 N–H and O–H groups in total. The van der Waals surface area contributed by atoms with Crippen LogP contribution >= 0.6 is 11.6 Å². The molecule has 0 radical (unpaired) electrons. The Hall–Kier alpha value is -1.59. The Morgan fingerprint density at radius 1 is 1.21 bits per heavy atom. The first-order chi connectivity index (χ1) is 8.91. The maximum atomic E-state index is 11.4. The van der Waals surface area contributed by atoms with Crippen molar-refractivity contribution in [3.63, 3.8) is 0 Å². The smallest absolute Gasteiger partial charge is 0.177 e. The molecule has 2 rings (SSSR count). The maximum Gasteiger partial charge on any atom is 0.177 e. The topological polar surface area (TPSA) is 56.3 Å². The van der Waals surface area contributed by atoms with Crippen LogP contribution in [0, 0.1) is 0 Å². The highest BCUT2D eigenvalue weighted by Gasteiger charge is 2.12. The van der Waals surface area contributed by atoms with Crippen molar-refractivity contribution >= 4 is 21.4 Å². The van der Waals surface area contributed by atoms with E-state index in [9.17, 15) is 8.42 Å². The van der Waals surface area contributed by atoms with Crippen molar-refractivity contribution in [3.05, 3.63) is 41.6 Å². The molecule has 0 aliphatic rings. The van der Waals surface area contributed by atoms with Crippen LogP contribution in [0.5, 0.6) is 5.75 Å². The van der Waals surface area contributed by atoms with E-state index < -0.39 is 9.84 Å². The van der Waals surface area contributed by atoms with Crippen LogP contribution in [0.2, 0.25) is 5.02 Å². The Morgan fingerprint density at radius 3 is 2.32 bits per heavy atom. The summed E-state index contributed by atoms with van der Waals surface area (Å²) in [5.41, 5.74) is 1.34. The van der Waals surface area contributed by atoms with Crippen molar-refractivity contribution in [1.29, 1.82) is 0 Å². The lowest BCUT2D eigenvalue weighted by atomic mass is 10.1. The number of aromatic nitrogens is 1. The van der Waals surface area contributed by atoms with Gasteiger partial charge in [-0.1, -0.05) is 11.6 Å². The first-order valence-electron chi connectivity index (χ1n) is 5.42. The number of sulfone groups is 1. The third-order valence-electron chi connectivity index (χ3n) is 2.61. The molecule has 0 atom stereocenters. The molecule has 4 nitrogen and oxygen atoms in total. The summed E-state index contributed by atoms with van der Waals surface area (Å²) >= 11 is 6.09. The monoisotopic (exact) mass is 297 g/mol. The Kier molecular flexibility index (Phi) is 3.78. The molecule has 0 saturated heterocycles. The second kappa shape index (κ2) is 5.19. The quantitative estimate of drug-likeness (QED) is 0.874. The molecule has 6 heteroatoms. The maximum absolute atomic E-state index is 11.4. The lowest BCUT2D eigenvalue weighted by Crippen LogP contribution is -1.98. The molecule has 100 valence electrons. The summed E-state index contributed by atoms with van der Waals surface area (Å²) in [4.78, 5) is 4.22. The predicted molar refractivity (Wildman–Crippen MR) is 74.3 cm³/mol. The average molecular weight is 298 g/mol. The first-order valence-corrected chi connectivity index (χ1v) is 7.69.